The number of hydrogen-bond donors (Lipinski definition) is 0. The number of benzene rings is 2. The highest BCUT2D eigenvalue weighted by molar-refractivity contribution is 6.32. The van der Waals surface area contributed by atoms with Crippen molar-refractivity contribution in [1.29, 1.82) is 0 Å². The third kappa shape index (κ3) is 3.52. The lowest BCUT2D eigenvalue weighted by Crippen LogP contribution is -2.30. The average Bonchev–Trinajstić information content (AvgIpc) is 2.60. The third-order valence-corrected chi connectivity index (χ3v) is 4.49. The summed E-state index contributed by atoms with van der Waals surface area (Å²) in [6.45, 7) is 1.71. The number of aromatic nitrogens is 2. The second kappa shape index (κ2) is 7.25. The molecule has 0 aliphatic rings. The SMILES string of the molecule is CN(C)CCN(C)c1cccc2ncn(-c3ccccc3Cl)c(=O)c12. The highest BCUT2D eigenvalue weighted by Crippen LogP contribution is 2.23. The van der Waals surface area contributed by atoms with Crippen molar-refractivity contribution in [2.45, 2.75) is 0 Å². The molecule has 1 heterocycles. The van der Waals surface area contributed by atoms with Crippen molar-refractivity contribution in [3.05, 3.63) is 64.2 Å². The summed E-state index contributed by atoms with van der Waals surface area (Å²) in [5, 5.41) is 1.12. The molecule has 0 N–H and O–H groups in total. The molecule has 25 heavy (non-hydrogen) atoms. The quantitative estimate of drug-likeness (QED) is 0.704. The second-order valence-corrected chi connectivity index (χ2v) is 6.67. The Morgan fingerprint density at radius 2 is 1.80 bits per heavy atom. The number of para-hydroxylation sites is 1. The number of halogens is 1. The van der Waals surface area contributed by atoms with Crippen LogP contribution in [0.25, 0.3) is 16.6 Å². The van der Waals surface area contributed by atoms with Gasteiger partial charge in [-0.1, -0.05) is 29.8 Å². The van der Waals surface area contributed by atoms with E-state index in [1.807, 2.05) is 57.5 Å². The summed E-state index contributed by atoms with van der Waals surface area (Å²) in [5.41, 5.74) is 2.07. The molecule has 3 rings (SSSR count). The van der Waals surface area contributed by atoms with Crippen molar-refractivity contribution in [2.75, 3.05) is 39.1 Å². The van der Waals surface area contributed by atoms with Gasteiger partial charge in [0.2, 0.25) is 0 Å². The van der Waals surface area contributed by atoms with Gasteiger partial charge in [0.1, 0.15) is 6.33 Å². The van der Waals surface area contributed by atoms with Crippen LogP contribution in [0.2, 0.25) is 5.02 Å². The Morgan fingerprint density at radius 3 is 2.52 bits per heavy atom. The van der Waals surface area contributed by atoms with Gasteiger partial charge in [0.15, 0.2) is 0 Å². The Labute approximate surface area is 152 Å². The van der Waals surface area contributed by atoms with E-state index in [0.29, 0.717) is 21.6 Å². The maximum Gasteiger partial charge on any atom is 0.267 e. The fourth-order valence-electron chi connectivity index (χ4n) is 2.76. The van der Waals surface area contributed by atoms with Crippen LogP contribution in [0, 0.1) is 0 Å². The topological polar surface area (TPSA) is 41.4 Å². The molecule has 0 atom stereocenters. The van der Waals surface area contributed by atoms with Crippen LogP contribution < -0.4 is 10.5 Å². The molecule has 0 fully saturated rings. The van der Waals surface area contributed by atoms with Crippen molar-refractivity contribution < 1.29 is 0 Å². The van der Waals surface area contributed by atoms with Crippen molar-refractivity contribution >= 4 is 28.2 Å². The van der Waals surface area contributed by atoms with E-state index >= 15 is 0 Å². The molecule has 0 aliphatic carbocycles. The number of hydrogen-bond acceptors (Lipinski definition) is 4. The average molecular weight is 357 g/mol. The monoisotopic (exact) mass is 356 g/mol. The minimum atomic E-state index is -0.120. The molecule has 6 heteroatoms. The van der Waals surface area contributed by atoms with E-state index in [1.54, 1.807) is 6.07 Å². The van der Waals surface area contributed by atoms with Gasteiger partial charge < -0.3 is 9.80 Å². The van der Waals surface area contributed by atoms with Crippen molar-refractivity contribution in [3.8, 4) is 5.69 Å². The van der Waals surface area contributed by atoms with Crippen molar-refractivity contribution in [1.82, 2.24) is 14.5 Å². The van der Waals surface area contributed by atoms with Gasteiger partial charge in [0, 0.05) is 20.1 Å². The molecule has 0 amide bonds. The Hall–Kier alpha value is -2.37. The van der Waals surface area contributed by atoms with E-state index in [2.05, 4.69) is 14.8 Å². The lowest BCUT2D eigenvalue weighted by atomic mass is 10.2. The van der Waals surface area contributed by atoms with Gasteiger partial charge in [-0.05, 0) is 38.4 Å². The van der Waals surface area contributed by atoms with E-state index in [1.165, 1.54) is 10.9 Å². The van der Waals surface area contributed by atoms with Crippen LogP contribution >= 0.6 is 11.6 Å². The van der Waals surface area contributed by atoms with Crippen LogP contribution in [0.1, 0.15) is 0 Å². The zero-order chi connectivity index (χ0) is 18.0. The molecule has 0 unspecified atom stereocenters. The second-order valence-electron chi connectivity index (χ2n) is 6.27. The fourth-order valence-corrected chi connectivity index (χ4v) is 2.98. The van der Waals surface area contributed by atoms with E-state index in [-0.39, 0.29) is 5.56 Å². The van der Waals surface area contributed by atoms with Crippen LogP contribution in [-0.2, 0) is 0 Å². The summed E-state index contributed by atoms with van der Waals surface area (Å²) in [6, 6.07) is 13.0. The van der Waals surface area contributed by atoms with E-state index in [4.69, 9.17) is 11.6 Å². The smallest absolute Gasteiger partial charge is 0.267 e. The fraction of sp³-hybridized carbons (Fsp3) is 0.263. The van der Waals surface area contributed by atoms with Crippen LogP contribution in [0.4, 0.5) is 5.69 Å². The minimum absolute atomic E-state index is 0.120. The van der Waals surface area contributed by atoms with Crippen molar-refractivity contribution in [2.24, 2.45) is 0 Å². The van der Waals surface area contributed by atoms with Gasteiger partial charge in [0.25, 0.3) is 5.56 Å². The van der Waals surface area contributed by atoms with Gasteiger partial charge in [-0.2, -0.15) is 0 Å². The van der Waals surface area contributed by atoms with Crippen LogP contribution in [0.5, 0.6) is 0 Å². The van der Waals surface area contributed by atoms with E-state index in [9.17, 15) is 4.79 Å². The zero-order valence-corrected chi connectivity index (χ0v) is 15.4. The maximum absolute atomic E-state index is 13.2. The molecule has 1 aromatic heterocycles. The molecule has 0 saturated carbocycles. The first kappa shape index (κ1) is 17.5. The first-order valence-electron chi connectivity index (χ1n) is 8.10. The van der Waals surface area contributed by atoms with Gasteiger partial charge in [-0.25, -0.2) is 4.98 Å². The molecule has 0 bridgehead atoms. The molecule has 0 saturated heterocycles. The van der Waals surface area contributed by atoms with Crippen LogP contribution in [-0.4, -0.2) is 48.7 Å². The first-order chi connectivity index (χ1) is 12.0. The Kier molecular flexibility index (Phi) is 5.06. The molecule has 130 valence electrons. The number of likely N-dealkylation sites (N-methyl/N-ethyl adjacent to an activating group) is 2. The van der Waals surface area contributed by atoms with Gasteiger partial charge in [-0.3, -0.25) is 9.36 Å². The highest BCUT2D eigenvalue weighted by Gasteiger charge is 2.14. The van der Waals surface area contributed by atoms with Gasteiger partial charge in [0.05, 0.1) is 27.3 Å². The first-order valence-corrected chi connectivity index (χ1v) is 8.48. The summed E-state index contributed by atoms with van der Waals surface area (Å²) in [5.74, 6) is 0. The molecule has 0 aliphatic heterocycles. The molecule has 5 nitrogen and oxygen atoms in total. The number of anilines is 1. The molecule has 3 aromatic rings. The van der Waals surface area contributed by atoms with E-state index in [0.717, 1.165) is 18.8 Å². The molecule has 0 spiro atoms. The summed E-state index contributed by atoms with van der Waals surface area (Å²) in [7, 11) is 6.05. The van der Waals surface area contributed by atoms with Gasteiger partial charge >= 0.3 is 0 Å². The number of nitrogens with zero attached hydrogens (tertiary/aromatic N) is 4. The van der Waals surface area contributed by atoms with Gasteiger partial charge in [-0.15, -0.1) is 0 Å². The zero-order valence-electron chi connectivity index (χ0n) is 14.6. The standard InChI is InChI=1S/C19H21ClN4O/c1-22(2)11-12-23(3)17-10-6-8-15-18(17)19(25)24(13-21-15)16-9-5-4-7-14(16)20/h4-10,13H,11-12H2,1-3H3. The lowest BCUT2D eigenvalue weighted by Gasteiger charge is -2.23. The predicted molar refractivity (Wildman–Crippen MR) is 104 cm³/mol. The lowest BCUT2D eigenvalue weighted by molar-refractivity contribution is 0.416. The summed E-state index contributed by atoms with van der Waals surface area (Å²) < 4.78 is 1.51. The van der Waals surface area contributed by atoms with E-state index < -0.39 is 0 Å². The van der Waals surface area contributed by atoms with Crippen LogP contribution in [0.3, 0.4) is 0 Å². The summed E-state index contributed by atoms with van der Waals surface area (Å²) in [6.07, 6.45) is 1.54. The van der Waals surface area contributed by atoms with Crippen LogP contribution in [0.15, 0.2) is 53.6 Å². The number of fused-ring (bicyclic) bond motifs is 1. The predicted octanol–water partition coefficient (Wildman–Crippen LogP) is 3.04. The maximum atomic E-state index is 13.2. The normalized spacial score (nSPS) is 11.2. The molecule has 0 radical (unpaired) electrons. The third-order valence-electron chi connectivity index (χ3n) is 4.17. The molecular formula is C19H21ClN4O. The number of rotatable bonds is 5. The Balaban J connectivity index is 2.16. The molecule has 2 aromatic carbocycles. The minimum Gasteiger partial charge on any atom is -0.373 e. The Bertz CT molecular complexity index is 952. The summed E-state index contributed by atoms with van der Waals surface area (Å²) >= 11 is 6.27. The largest absolute Gasteiger partial charge is 0.373 e. The van der Waals surface area contributed by atoms with Crippen molar-refractivity contribution in [3.63, 3.8) is 0 Å². The molecular weight excluding hydrogens is 336 g/mol. The highest BCUT2D eigenvalue weighted by atomic mass is 35.5. The summed E-state index contributed by atoms with van der Waals surface area (Å²) in [4.78, 5) is 21.8. The Morgan fingerprint density at radius 1 is 1.04 bits per heavy atom.